The number of primary amides is 1. The molecule has 0 spiro atoms. The number of hydrogen-bond donors (Lipinski definition) is 2. The number of carboxylic acids is 1. The summed E-state index contributed by atoms with van der Waals surface area (Å²) in [4.78, 5) is 35.0. The van der Waals surface area contributed by atoms with Crippen LogP contribution in [0.25, 0.3) is 0 Å². The number of aliphatic carboxylic acids is 1. The van der Waals surface area contributed by atoms with Gasteiger partial charge in [-0.05, 0) is 43.6 Å². The van der Waals surface area contributed by atoms with Gasteiger partial charge in [-0.1, -0.05) is 6.92 Å². The van der Waals surface area contributed by atoms with Crippen LogP contribution < -0.4 is 16.2 Å². The number of thiophene rings is 1. The van der Waals surface area contributed by atoms with Gasteiger partial charge in [0.1, 0.15) is 5.00 Å². The van der Waals surface area contributed by atoms with Gasteiger partial charge in [0, 0.05) is 17.3 Å². The largest absolute Gasteiger partial charge is 0.550 e. The predicted molar refractivity (Wildman–Crippen MR) is 81.5 cm³/mol. The highest BCUT2D eigenvalue weighted by molar-refractivity contribution is 7.17. The Morgan fingerprint density at radius 1 is 1.36 bits per heavy atom. The Kier molecular flexibility index (Phi) is 5.18. The van der Waals surface area contributed by atoms with Crippen molar-refractivity contribution in [2.75, 3.05) is 5.32 Å². The lowest BCUT2D eigenvalue weighted by Crippen LogP contribution is -2.22. The Hall–Kier alpha value is -1.89. The van der Waals surface area contributed by atoms with E-state index in [0.29, 0.717) is 16.5 Å². The highest BCUT2D eigenvalue weighted by Crippen LogP contribution is 2.39. The molecule has 0 bridgehead atoms. The van der Waals surface area contributed by atoms with Crippen molar-refractivity contribution in [1.29, 1.82) is 0 Å². The summed E-state index contributed by atoms with van der Waals surface area (Å²) < 4.78 is 0. The normalized spacial score (nSPS) is 16.9. The Labute approximate surface area is 132 Å². The highest BCUT2D eigenvalue weighted by atomic mass is 32.1. The van der Waals surface area contributed by atoms with Gasteiger partial charge in [0.05, 0.1) is 5.56 Å². The number of anilines is 1. The molecule has 0 fully saturated rings. The van der Waals surface area contributed by atoms with E-state index < -0.39 is 11.9 Å². The van der Waals surface area contributed by atoms with Crippen molar-refractivity contribution in [3.8, 4) is 0 Å². The quantitative estimate of drug-likeness (QED) is 0.807. The maximum absolute atomic E-state index is 11.9. The Bertz CT molecular complexity index is 609. The lowest BCUT2D eigenvalue weighted by molar-refractivity contribution is -0.305. The average molecular weight is 323 g/mol. The average Bonchev–Trinajstić information content (AvgIpc) is 2.74. The van der Waals surface area contributed by atoms with Gasteiger partial charge in [-0.25, -0.2) is 0 Å². The molecule has 1 aliphatic carbocycles. The predicted octanol–water partition coefficient (Wildman–Crippen LogP) is 0.830. The van der Waals surface area contributed by atoms with E-state index in [1.165, 1.54) is 11.3 Å². The molecule has 0 aromatic carbocycles. The number of nitrogens with one attached hydrogen (secondary N) is 1. The van der Waals surface area contributed by atoms with Crippen LogP contribution in [-0.2, 0) is 22.4 Å². The third-order valence-corrected chi connectivity index (χ3v) is 4.97. The monoisotopic (exact) mass is 323 g/mol. The number of carboxylic acid groups (broad SMARTS) is 1. The van der Waals surface area contributed by atoms with Crippen LogP contribution >= 0.6 is 11.3 Å². The molecule has 2 rings (SSSR count). The minimum atomic E-state index is -1.17. The minimum absolute atomic E-state index is 0.0746. The summed E-state index contributed by atoms with van der Waals surface area (Å²) in [5.74, 6) is -1.46. The van der Waals surface area contributed by atoms with Crippen molar-refractivity contribution in [2.24, 2.45) is 11.7 Å². The zero-order valence-corrected chi connectivity index (χ0v) is 13.3. The molecule has 0 saturated heterocycles. The maximum atomic E-state index is 11.9. The van der Waals surface area contributed by atoms with E-state index in [4.69, 9.17) is 5.73 Å². The molecular weight excluding hydrogens is 304 g/mol. The minimum Gasteiger partial charge on any atom is -0.550 e. The van der Waals surface area contributed by atoms with Crippen LogP contribution in [0.15, 0.2) is 0 Å². The van der Waals surface area contributed by atoms with E-state index in [-0.39, 0.29) is 25.2 Å². The number of hydrogen-bond acceptors (Lipinski definition) is 5. The number of amides is 2. The number of carbonyl (C=O) groups is 3. The van der Waals surface area contributed by atoms with Crippen molar-refractivity contribution < 1.29 is 19.5 Å². The van der Waals surface area contributed by atoms with Gasteiger partial charge in [-0.2, -0.15) is 0 Å². The van der Waals surface area contributed by atoms with Gasteiger partial charge in [0.2, 0.25) is 5.91 Å². The third-order valence-electron chi connectivity index (χ3n) is 3.80. The van der Waals surface area contributed by atoms with Crippen LogP contribution in [0.5, 0.6) is 0 Å². The molecule has 1 aliphatic rings. The summed E-state index contributed by atoms with van der Waals surface area (Å²) in [6.45, 7) is 2.16. The number of rotatable bonds is 6. The fourth-order valence-corrected chi connectivity index (χ4v) is 4.11. The second-order valence-electron chi connectivity index (χ2n) is 5.69. The summed E-state index contributed by atoms with van der Waals surface area (Å²) in [7, 11) is 0. The van der Waals surface area contributed by atoms with E-state index in [0.717, 1.165) is 29.7 Å². The zero-order valence-electron chi connectivity index (χ0n) is 12.4. The summed E-state index contributed by atoms with van der Waals surface area (Å²) in [6, 6.07) is 0. The summed E-state index contributed by atoms with van der Waals surface area (Å²) in [5.41, 5.74) is 6.84. The molecule has 1 aromatic heterocycles. The smallest absolute Gasteiger partial charge is 0.251 e. The molecule has 0 radical (unpaired) electrons. The zero-order chi connectivity index (χ0) is 16.3. The van der Waals surface area contributed by atoms with E-state index in [1.807, 2.05) is 0 Å². The van der Waals surface area contributed by atoms with Crippen LogP contribution in [0.1, 0.15) is 53.4 Å². The number of nitrogens with two attached hydrogens (primary N) is 1. The second kappa shape index (κ2) is 6.91. The molecule has 1 aromatic rings. The van der Waals surface area contributed by atoms with E-state index in [9.17, 15) is 19.5 Å². The van der Waals surface area contributed by atoms with Crippen molar-refractivity contribution >= 4 is 34.1 Å². The van der Waals surface area contributed by atoms with E-state index in [2.05, 4.69) is 12.2 Å². The summed E-state index contributed by atoms with van der Waals surface area (Å²) in [5, 5.41) is 13.5. The molecule has 1 atom stereocenters. The van der Waals surface area contributed by atoms with Crippen LogP contribution in [0.2, 0.25) is 0 Å². The van der Waals surface area contributed by atoms with Gasteiger partial charge >= 0.3 is 0 Å². The van der Waals surface area contributed by atoms with Crippen LogP contribution in [0.3, 0.4) is 0 Å². The van der Waals surface area contributed by atoms with Gasteiger partial charge in [0.25, 0.3) is 5.91 Å². The fraction of sp³-hybridized carbons (Fsp3) is 0.533. The van der Waals surface area contributed by atoms with Crippen LogP contribution in [0, 0.1) is 5.92 Å². The first kappa shape index (κ1) is 16.5. The molecule has 0 aliphatic heterocycles. The Balaban J connectivity index is 2.12. The molecule has 120 valence electrons. The molecular formula is C15H19N2O4S-. The lowest BCUT2D eigenvalue weighted by Gasteiger charge is -2.18. The first-order valence-corrected chi connectivity index (χ1v) is 8.14. The van der Waals surface area contributed by atoms with Crippen molar-refractivity contribution in [3.05, 3.63) is 16.0 Å². The second-order valence-corrected chi connectivity index (χ2v) is 6.80. The van der Waals surface area contributed by atoms with E-state index in [1.54, 1.807) is 0 Å². The molecule has 7 heteroatoms. The van der Waals surface area contributed by atoms with Crippen LogP contribution in [-0.4, -0.2) is 17.8 Å². The molecule has 6 nitrogen and oxygen atoms in total. The lowest BCUT2D eigenvalue weighted by atomic mass is 9.88. The van der Waals surface area contributed by atoms with Gasteiger partial charge < -0.3 is 21.0 Å². The topological polar surface area (TPSA) is 112 Å². The third kappa shape index (κ3) is 3.85. The number of carbonyl (C=O) groups excluding carboxylic acids is 3. The standard InChI is InChI=1S/C15H20N2O4S/c1-8-5-6-9-10(7-8)22-15(13(9)14(16)21)17-11(18)3-2-4-12(19)20/h8H,2-7H2,1H3,(H2,16,21)(H,17,18)(H,19,20)/p-1/t8-/m0/s1. The van der Waals surface area contributed by atoms with Crippen molar-refractivity contribution in [2.45, 2.75) is 45.4 Å². The summed E-state index contributed by atoms with van der Waals surface area (Å²) in [6.07, 6.45) is 2.82. The Morgan fingerprint density at radius 2 is 2.09 bits per heavy atom. The van der Waals surface area contributed by atoms with Gasteiger partial charge in [0.15, 0.2) is 0 Å². The highest BCUT2D eigenvalue weighted by Gasteiger charge is 2.27. The molecule has 1 heterocycles. The molecule has 3 N–H and O–H groups in total. The van der Waals surface area contributed by atoms with Crippen LogP contribution in [0.4, 0.5) is 5.00 Å². The molecule has 22 heavy (non-hydrogen) atoms. The van der Waals surface area contributed by atoms with Gasteiger partial charge in [-0.15, -0.1) is 11.3 Å². The fourth-order valence-electron chi connectivity index (χ4n) is 2.68. The SMILES string of the molecule is C[C@H]1CCc2c(sc(NC(=O)CCCC(=O)[O-])c2C(N)=O)C1. The van der Waals surface area contributed by atoms with Gasteiger partial charge in [-0.3, -0.25) is 9.59 Å². The molecule has 0 saturated carbocycles. The first-order valence-electron chi connectivity index (χ1n) is 7.32. The van der Waals surface area contributed by atoms with E-state index >= 15 is 0 Å². The summed E-state index contributed by atoms with van der Waals surface area (Å²) >= 11 is 1.40. The molecule has 2 amide bonds. The first-order chi connectivity index (χ1) is 10.4. The number of fused-ring (bicyclic) bond motifs is 1. The Morgan fingerprint density at radius 3 is 2.73 bits per heavy atom. The van der Waals surface area contributed by atoms with Crippen molar-refractivity contribution in [3.63, 3.8) is 0 Å². The molecule has 0 unspecified atom stereocenters. The maximum Gasteiger partial charge on any atom is 0.251 e. The van der Waals surface area contributed by atoms with Crippen molar-refractivity contribution in [1.82, 2.24) is 0 Å².